The predicted octanol–water partition coefficient (Wildman–Crippen LogP) is 2.29. The summed E-state index contributed by atoms with van der Waals surface area (Å²) >= 11 is 0. The molecule has 0 aliphatic rings. The average Bonchev–Trinajstić information content (AvgIpc) is 2.77. The third-order valence-corrected chi connectivity index (χ3v) is 2.15. The maximum absolute atomic E-state index is 12.6. The standard InChI is InChI=1S/C10H8F3N3O/c1-17-8-5-3-2-4-7(8)16-6-14-15-9(16)10(11,12)13/h2-6H,1H3. The molecule has 2 aromatic rings. The minimum Gasteiger partial charge on any atom is -0.495 e. The van der Waals surface area contributed by atoms with Gasteiger partial charge in [-0.3, -0.25) is 4.57 Å². The molecule has 0 aliphatic heterocycles. The highest BCUT2D eigenvalue weighted by Gasteiger charge is 2.37. The van der Waals surface area contributed by atoms with Crippen LogP contribution in [0.3, 0.4) is 0 Å². The van der Waals surface area contributed by atoms with Gasteiger partial charge in [-0.05, 0) is 12.1 Å². The van der Waals surface area contributed by atoms with E-state index in [4.69, 9.17) is 4.74 Å². The minimum atomic E-state index is -4.56. The number of hydrogen-bond acceptors (Lipinski definition) is 3. The fourth-order valence-electron chi connectivity index (χ4n) is 1.43. The average molecular weight is 243 g/mol. The Balaban J connectivity index is 2.58. The van der Waals surface area contributed by atoms with Crippen LogP contribution in [0.5, 0.6) is 5.75 Å². The van der Waals surface area contributed by atoms with Crippen LogP contribution in [0, 0.1) is 0 Å². The van der Waals surface area contributed by atoms with E-state index in [1.807, 2.05) is 0 Å². The molecule has 90 valence electrons. The third kappa shape index (κ3) is 2.08. The Labute approximate surface area is 94.7 Å². The van der Waals surface area contributed by atoms with Crippen molar-refractivity contribution in [2.24, 2.45) is 0 Å². The molecule has 0 N–H and O–H groups in total. The van der Waals surface area contributed by atoms with Crippen LogP contribution in [0.1, 0.15) is 5.82 Å². The van der Waals surface area contributed by atoms with Gasteiger partial charge in [0.2, 0.25) is 5.82 Å². The highest BCUT2D eigenvalue weighted by molar-refractivity contribution is 5.47. The molecule has 0 spiro atoms. The predicted molar refractivity (Wildman–Crippen MR) is 52.9 cm³/mol. The molecule has 2 rings (SSSR count). The quantitative estimate of drug-likeness (QED) is 0.812. The lowest BCUT2D eigenvalue weighted by atomic mass is 10.3. The van der Waals surface area contributed by atoms with Crippen molar-refractivity contribution in [3.63, 3.8) is 0 Å². The van der Waals surface area contributed by atoms with E-state index in [0.29, 0.717) is 5.75 Å². The van der Waals surface area contributed by atoms with Gasteiger partial charge in [-0.15, -0.1) is 10.2 Å². The van der Waals surface area contributed by atoms with Crippen molar-refractivity contribution in [1.82, 2.24) is 14.8 Å². The molecule has 0 amide bonds. The van der Waals surface area contributed by atoms with Crippen molar-refractivity contribution in [3.8, 4) is 11.4 Å². The topological polar surface area (TPSA) is 39.9 Å². The lowest BCUT2D eigenvalue weighted by Gasteiger charge is -2.12. The fraction of sp³-hybridized carbons (Fsp3) is 0.200. The van der Waals surface area contributed by atoms with Crippen molar-refractivity contribution in [2.45, 2.75) is 6.18 Å². The van der Waals surface area contributed by atoms with Gasteiger partial charge in [-0.2, -0.15) is 13.2 Å². The van der Waals surface area contributed by atoms with Crippen LogP contribution in [0.25, 0.3) is 5.69 Å². The smallest absolute Gasteiger partial charge is 0.452 e. The second kappa shape index (κ2) is 4.08. The number of para-hydroxylation sites is 2. The first-order chi connectivity index (χ1) is 8.04. The number of aromatic nitrogens is 3. The Morgan fingerprint density at radius 2 is 1.94 bits per heavy atom. The Morgan fingerprint density at radius 1 is 1.24 bits per heavy atom. The Bertz CT molecular complexity index is 522. The Morgan fingerprint density at radius 3 is 2.59 bits per heavy atom. The molecule has 0 aliphatic carbocycles. The van der Waals surface area contributed by atoms with Crippen molar-refractivity contribution in [2.75, 3.05) is 7.11 Å². The molecule has 0 atom stereocenters. The summed E-state index contributed by atoms with van der Waals surface area (Å²) in [6.07, 6.45) is -3.56. The summed E-state index contributed by atoms with van der Waals surface area (Å²) in [6.45, 7) is 0. The highest BCUT2D eigenvalue weighted by atomic mass is 19.4. The maximum Gasteiger partial charge on any atom is 0.452 e. The lowest BCUT2D eigenvalue weighted by Crippen LogP contribution is -2.14. The molecular formula is C10H8F3N3O. The first kappa shape index (κ1) is 11.4. The highest BCUT2D eigenvalue weighted by Crippen LogP contribution is 2.31. The normalized spacial score (nSPS) is 11.5. The molecule has 0 bridgehead atoms. The van der Waals surface area contributed by atoms with E-state index in [1.165, 1.54) is 13.2 Å². The van der Waals surface area contributed by atoms with Gasteiger partial charge in [0.05, 0.1) is 12.8 Å². The van der Waals surface area contributed by atoms with Gasteiger partial charge in [0.15, 0.2) is 0 Å². The SMILES string of the molecule is COc1ccccc1-n1cnnc1C(F)(F)F. The molecule has 0 radical (unpaired) electrons. The number of halogens is 3. The summed E-state index contributed by atoms with van der Waals surface area (Å²) < 4.78 is 43.8. The van der Waals surface area contributed by atoms with Crippen molar-refractivity contribution in [3.05, 3.63) is 36.4 Å². The zero-order chi connectivity index (χ0) is 12.5. The first-order valence-corrected chi connectivity index (χ1v) is 4.64. The molecule has 1 aromatic carbocycles. The van der Waals surface area contributed by atoms with Gasteiger partial charge < -0.3 is 4.74 Å². The van der Waals surface area contributed by atoms with E-state index in [-0.39, 0.29) is 5.69 Å². The summed E-state index contributed by atoms with van der Waals surface area (Å²) in [5.41, 5.74) is 0.243. The van der Waals surface area contributed by atoms with Crippen molar-refractivity contribution in [1.29, 1.82) is 0 Å². The van der Waals surface area contributed by atoms with Crippen LogP contribution in [0.2, 0.25) is 0 Å². The second-order valence-electron chi connectivity index (χ2n) is 3.19. The molecule has 0 saturated carbocycles. The molecule has 0 saturated heterocycles. The van der Waals surface area contributed by atoms with E-state index in [9.17, 15) is 13.2 Å². The van der Waals surface area contributed by atoms with Crippen molar-refractivity contribution >= 4 is 0 Å². The van der Waals surface area contributed by atoms with Crippen LogP contribution < -0.4 is 4.74 Å². The zero-order valence-corrected chi connectivity index (χ0v) is 8.77. The fourth-order valence-corrected chi connectivity index (χ4v) is 1.43. The Hall–Kier alpha value is -2.05. The number of hydrogen-bond donors (Lipinski definition) is 0. The summed E-state index contributed by atoms with van der Waals surface area (Å²) in [4.78, 5) is 0. The van der Waals surface area contributed by atoms with Crippen LogP contribution in [-0.2, 0) is 6.18 Å². The number of ether oxygens (including phenoxy) is 1. The van der Waals surface area contributed by atoms with E-state index < -0.39 is 12.0 Å². The van der Waals surface area contributed by atoms with E-state index in [2.05, 4.69) is 10.2 Å². The number of rotatable bonds is 2. The van der Waals surface area contributed by atoms with Gasteiger partial charge >= 0.3 is 6.18 Å². The van der Waals surface area contributed by atoms with Crippen LogP contribution in [0.4, 0.5) is 13.2 Å². The van der Waals surface area contributed by atoms with E-state index in [1.54, 1.807) is 18.2 Å². The number of methoxy groups -OCH3 is 1. The summed E-state index contributed by atoms with van der Waals surface area (Å²) in [6, 6.07) is 6.34. The summed E-state index contributed by atoms with van der Waals surface area (Å²) in [5.74, 6) is -0.764. The largest absolute Gasteiger partial charge is 0.495 e. The lowest BCUT2D eigenvalue weighted by molar-refractivity contribution is -0.146. The molecule has 0 unspecified atom stereocenters. The number of nitrogens with zero attached hydrogens (tertiary/aromatic N) is 3. The monoisotopic (exact) mass is 243 g/mol. The summed E-state index contributed by atoms with van der Waals surface area (Å²) in [7, 11) is 1.39. The second-order valence-corrected chi connectivity index (χ2v) is 3.19. The zero-order valence-electron chi connectivity index (χ0n) is 8.77. The first-order valence-electron chi connectivity index (χ1n) is 4.64. The van der Waals surface area contributed by atoms with Gasteiger partial charge in [0, 0.05) is 0 Å². The molecule has 1 heterocycles. The molecule has 4 nitrogen and oxygen atoms in total. The van der Waals surface area contributed by atoms with Gasteiger partial charge in [0.25, 0.3) is 0 Å². The number of alkyl halides is 3. The van der Waals surface area contributed by atoms with Gasteiger partial charge in [-0.25, -0.2) is 0 Å². The number of benzene rings is 1. The van der Waals surface area contributed by atoms with Crippen LogP contribution >= 0.6 is 0 Å². The third-order valence-electron chi connectivity index (χ3n) is 2.15. The van der Waals surface area contributed by atoms with E-state index >= 15 is 0 Å². The molecule has 7 heteroatoms. The minimum absolute atomic E-state index is 0.243. The molecule has 1 aromatic heterocycles. The summed E-state index contributed by atoms with van der Waals surface area (Å²) in [5, 5.41) is 6.35. The van der Waals surface area contributed by atoms with Crippen LogP contribution in [0.15, 0.2) is 30.6 Å². The van der Waals surface area contributed by atoms with Crippen LogP contribution in [-0.4, -0.2) is 21.9 Å². The molecule has 0 fully saturated rings. The van der Waals surface area contributed by atoms with Gasteiger partial charge in [0.1, 0.15) is 12.1 Å². The Kier molecular flexibility index (Phi) is 2.74. The van der Waals surface area contributed by atoms with Crippen molar-refractivity contribution < 1.29 is 17.9 Å². The van der Waals surface area contributed by atoms with E-state index in [0.717, 1.165) is 10.9 Å². The molecular weight excluding hydrogens is 235 g/mol. The maximum atomic E-state index is 12.6. The molecule has 17 heavy (non-hydrogen) atoms. The van der Waals surface area contributed by atoms with Gasteiger partial charge in [-0.1, -0.05) is 12.1 Å².